The minimum atomic E-state index is -2.83. The monoisotopic (exact) mass is 205 g/mol. The average molecular weight is 205 g/mol. The highest BCUT2D eigenvalue weighted by Crippen LogP contribution is 2.03. The summed E-state index contributed by atoms with van der Waals surface area (Å²) in [6.45, 7) is 1.43. The van der Waals surface area contributed by atoms with Crippen LogP contribution in [0.5, 0.6) is 0 Å². The minimum absolute atomic E-state index is 0.180. The minimum Gasteiger partial charge on any atom is -0.369 e. The van der Waals surface area contributed by atoms with Gasteiger partial charge in [-0.2, -0.15) is 0 Å². The number of carbonyl (C=O) groups excluding carboxylic acids is 1. The van der Waals surface area contributed by atoms with E-state index >= 15 is 0 Å². The normalized spacial score (nSPS) is 22.8. The molecule has 1 amide bonds. The summed E-state index contributed by atoms with van der Waals surface area (Å²) in [7, 11) is -2.83. The van der Waals surface area contributed by atoms with Crippen LogP contribution in [0.2, 0.25) is 0 Å². The van der Waals surface area contributed by atoms with Gasteiger partial charge in [0.15, 0.2) is 9.84 Å². The summed E-state index contributed by atoms with van der Waals surface area (Å²) < 4.78 is 22.0. The molecule has 5 nitrogen and oxygen atoms in total. The number of hydrogen-bond acceptors (Lipinski definition) is 4. The van der Waals surface area contributed by atoms with Crippen molar-refractivity contribution < 1.29 is 13.2 Å². The second-order valence-corrected chi connectivity index (χ2v) is 5.36. The van der Waals surface area contributed by atoms with Crippen molar-refractivity contribution in [1.29, 1.82) is 0 Å². The molecule has 0 atom stereocenters. The number of carbonyl (C=O) groups is 1. The number of hydrogen-bond donors (Lipinski definition) is 1. The number of rotatable bonds is 3. The first-order valence-corrected chi connectivity index (χ1v) is 5.87. The van der Waals surface area contributed by atoms with Gasteiger partial charge in [-0.3, -0.25) is 4.79 Å². The maximum Gasteiger partial charge on any atom is 0.222 e. The van der Waals surface area contributed by atoms with Gasteiger partial charge < -0.3 is 10.6 Å². The summed E-state index contributed by atoms with van der Waals surface area (Å²) in [6, 6.07) is 0. The Morgan fingerprint density at radius 1 is 1.38 bits per heavy atom. The Bertz CT molecular complexity index is 272. The van der Waals surface area contributed by atoms with Crippen LogP contribution in [0, 0.1) is 6.42 Å². The molecule has 0 aliphatic carbocycles. The molecule has 13 heavy (non-hydrogen) atoms. The lowest BCUT2D eigenvalue weighted by Gasteiger charge is -2.25. The van der Waals surface area contributed by atoms with Crippen LogP contribution in [-0.4, -0.2) is 50.4 Å². The molecule has 2 N–H and O–H groups in total. The van der Waals surface area contributed by atoms with E-state index in [4.69, 9.17) is 5.73 Å². The van der Waals surface area contributed by atoms with Crippen molar-refractivity contribution in [3.05, 3.63) is 6.42 Å². The number of nitrogens with two attached hydrogens (primary N) is 1. The van der Waals surface area contributed by atoms with Crippen LogP contribution in [0.3, 0.4) is 0 Å². The van der Waals surface area contributed by atoms with Crippen molar-refractivity contribution in [3.8, 4) is 0 Å². The highest BCUT2D eigenvalue weighted by molar-refractivity contribution is 7.91. The maximum atomic E-state index is 11.0. The van der Waals surface area contributed by atoms with Gasteiger partial charge in [0.25, 0.3) is 0 Å². The summed E-state index contributed by atoms with van der Waals surface area (Å²) >= 11 is 0. The number of sulfone groups is 1. The summed E-state index contributed by atoms with van der Waals surface area (Å²) in [5, 5.41) is 0. The molecule has 6 heteroatoms. The molecule has 0 spiro atoms. The Kier molecular flexibility index (Phi) is 3.27. The third-order valence-corrected chi connectivity index (χ3v) is 3.60. The molecule has 1 aliphatic heterocycles. The molecule has 0 unspecified atom stereocenters. The van der Waals surface area contributed by atoms with Crippen molar-refractivity contribution in [3.63, 3.8) is 0 Å². The van der Waals surface area contributed by atoms with E-state index in [9.17, 15) is 13.2 Å². The first kappa shape index (κ1) is 10.5. The second kappa shape index (κ2) is 4.06. The van der Waals surface area contributed by atoms with Crippen LogP contribution < -0.4 is 5.73 Å². The lowest BCUT2D eigenvalue weighted by Crippen LogP contribution is -2.41. The van der Waals surface area contributed by atoms with E-state index in [0.717, 1.165) is 0 Å². The van der Waals surface area contributed by atoms with Crippen molar-refractivity contribution >= 4 is 15.7 Å². The van der Waals surface area contributed by atoms with Gasteiger partial charge in [-0.1, -0.05) is 0 Å². The molecule has 1 saturated heterocycles. The van der Waals surface area contributed by atoms with Crippen LogP contribution in [0.1, 0.15) is 0 Å². The Morgan fingerprint density at radius 2 is 1.92 bits per heavy atom. The first-order chi connectivity index (χ1) is 5.99. The fourth-order valence-electron chi connectivity index (χ4n) is 1.15. The molecular formula is C7H13N2O3S. The molecule has 1 aliphatic rings. The van der Waals surface area contributed by atoms with Crippen molar-refractivity contribution in [2.24, 2.45) is 5.73 Å². The standard InChI is InChI=1S/C7H13N2O3S/c8-7(10)1-2-9-3-5-13(11,12)6-4-9/h1H,2-6H2,(H2,8,10). The number of nitrogens with zero attached hydrogens (tertiary/aromatic N) is 1. The van der Waals surface area contributed by atoms with Crippen LogP contribution >= 0.6 is 0 Å². The largest absolute Gasteiger partial charge is 0.369 e. The molecule has 1 rings (SSSR count). The van der Waals surface area contributed by atoms with E-state index in [1.807, 2.05) is 4.90 Å². The predicted molar refractivity (Wildman–Crippen MR) is 48.6 cm³/mol. The molecule has 0 aromatic heterocycles. The predicted octanol–water partition coefficient (Wildman–Crippen LogP) is -1.59. The van der Waals surface area contributed by atoms with Crippen LogP contribution in [0.4, 0.5) is 0 Å². The molecule has 0 saturated carbocycles. The third-order valence-electron chi connectivity index (χ3n) is 1.99. The Labute approximate surface area is 77.8 Å². The van der Waals surface area contributed by atoms with Crippen LogP contribution in [-0.2, 0) is 14.6 Å². The first-order valence-electron chi connectivity index (χ1n) is 4.05. The lowest BCUT2D eigenvalue weighted by molar-refractivity contribution is -0.115. The van der Waals surface area contributed by atoms with Gasteiger partial charge in [-0.25, -0.2) is 8.42 Å². The van der Waals surface area contributed by atoms with Crippen LogP contribution in [0.15, 0.2) is 0 Å². The number of primary amides is 1. The molecule has 0 aromatic carbocycles. The van der Waals surface area contributed by atoms with Gasteiger partial charge in [0.2, 0.25) is 5.91 Å². The molecular weight excluding hydrogens is 192 g/mol. The van der Waals surface area contributed by atoms with Crippen molar-refractivity contribution in [2.75, 3.05) is 31.1 Å². The topological polar surface area (TPSA) is 80.5 Å². The zero-order valence-electron chi connectivity index (χ0n) is 7.27. The SMILES string of the molecule is NC(=O)[CH]CN1CCS(=O)(=O)CC1. The quantitative estimate of drug-likeness (QED) is 0.602. The van der Waals surface area contributed by atoms with E-state index in [-0.39, 0.29) is 11.5 Å². The summed E-state index contributed by atoms with van der Waals surface area (Å²) in [4.78, 5) is 12.3. The fourth-order valence-corrected chi connectivity index (χ4v) is 2.43. The van der Waals surface area contributed by atoms with Gasteiger partial charge in [0, 0.05) is 19.6 Å². The van der Waals surface area contributed by atoms with Gasteiger partial charge in [0.05, 0.1) is 17.9 Å². The summed E-state index contributed by atoms with van der Waals surface area (Å²) in [5.74, 6) is -0.104. The van der Waals surface area contributed by atoms with Crippen molar-refractivity contribution in [1.82, 2.24) is 4.90 Å². The Hall–Kier alpha value is -0.620. The zero-order valence-corrected chi connectivity index (χ0v) is 8.09. The molecule has 1 heterocycles. The van der Waals surface area contributed by atoms with E-state index in [1.54, 1.807) is 0 Å². The molecule has 0 bridgehead atoms. The zero-order chi connectivity index (χ0) is 9.90. The van der Waals surface area contributed by atoms with E-state index < -0.39 is 15.7 Å². The van der Waals surface area contributed by atoms with Crippen LogP contribution in [0.25, 0.3) is 0 Å². The van der Waals surface area contributed by atoms with E-state index in [1.165, 1.54) is 6.42 Å². The fraction of sp³-hybridized carbons (Fsp3) is 0.714. The van der Waals surface area contributed by atoms with E-state index in [2.05, 4.69) is 0 Å². The van der Waals surface area contributed by atoms with Crippen molar-refractivity contribution in [2.45, 2.75) is 0 Å². The van der Waals surface area contributed by atoms with E-state index in [0.29, 0.717) is 19.6 Å². The lowest BCUT2D eigenvalue weighted by atomic mass is 10.3. The molecule has 75 valence electrons. The highest BCUT2D eigenvalue weighted by Gasteiger charge is 2.21. The average Bonchev–Trinajstić information content (AvgIpc) is 2.02. The van der Waals surface area contributed by atoms with Gasteiger partial charge in [-0.15, -0.1) is 0 Å². The molecule has 0 aromatic rings. The molecule has 1 fully saturated rings. The maximum absolute atomic E-state index is 11.0. The summed E-state index contributed by atoms with van der Waals surface area (Å²) in [6.07, 6.45) is 1.36. The van der Waals surface area contributed by atoms with Gasteiger partial charge in [-0.05, 0) is 0 Å². The summed E-state index contributed by atoms with van der Waals surface area (Å²) in [5.41, 5.74) is 4.92. The number of amides is 1. The van der Waals surface area contributed by atoms with Gasteiger partial charge >= 0.3 is 0 Å². The van der Waals surface area contributed by atoms with Gasteiger partial charge in [0.1, 0.15) is 0 Å². The molecule has 1 radical (unpaired) electrons. The Morgan fingerprint density at radius 3 is 2.38 bits per heavy atom. The highest BCUT2D eigenvalue weighted by atomic mass is 32.2. The smallest absolute Gasteiger partial charge is 0.222 e. The second-order valence-electron chi connectivity index (χ2n) is 3.06. The third kappa shape index (κ3) is 3.73. The Balaban J connectivity index is 2.29.